The van der Waals surface area contributed by atoms with E-state index in [-0.39, 0.29) is 19.6 Å². The molecule has 0 aromatic carbocycles. The maximum absolute atomic E-state index is 13.0. The minimum absolute atomic E-state index is 0.0445. The number of esters is 1. The molecule has 0 aliphatic carbocycles. The Morgan fingerprint density at radius 1 is 0.531 bits per heavy atom. The summed E-state index contributed by atoms with van der Waals surface area (Å²) in [7, 11) is 0. The van der Waals surface area contributed by atoms with Crippen molar-refractivity contribution < 1.29 is 69.0 Å². The number of hydrogen-bond acceptors (Lipinski definition) is 14. The molecule has 64 heavy (non-hydrogen) atoms. The maximum Gasteiger partial charge on any atom is 0.306 e. The summed E-state index contributed by atoms with van der Waals surface area (Å²) >= 11 is 0. The number of allylic oxidation sites excluding steroid dienone is 10. The van der Waals surface area contributed by atoms with Crippen molar-refractivity contribution in [2.45, 2.75) is 216 Å². The molecule has 0 bridgehead atoms. The third-order valence-electron chi connectivity index (χ3n) is 11.3. The molecule has 0 saturated carbocycles. The number of rotatable bonds is 37. The zero-order chi connectivity index (χ0) is 46.6. The van der Waals surface area contributed by atoms with Gasteiger partial charge in [-0.15, -0.1) is 0 Å². The van der Waals surface area contributed by atoms with Gasteiger partial charge in [-0.25, -0.2) is 0 Å². The van der Waals surface area contributed by atoms with Crippen LogP contribution in [-0.2, 0) is 33.2 Å². The Hall–Kier alpha value is -2.31. The number of carbonyl (C=O) groups excluding carboxylic acids is 1. The summed E-state index contributed by atoms with van der Waals surface area (Å²) in [6.07, 6.45) is 27.1. The van der Waals surface area contributed by atoms with E-state index in [1.165, 1.54) is 44.9 Å². The van der Waals surface area contributed by atoms with Gasteiger partial charge in [0, 0.05) is 13.0 Å². The van der Waals surface area contributed by atoms with Crippen LogP contribution in [0.25, 0.3) is 0 Å². The minimum atomic E-state index is -1.71. The van der Waals surface area contributed by atoms with Gasteiger partial charge in [0.05, 0.1) is 26.4 Å². The molecule has 7 N–H and O–H groups in total. The molecular formula is C50H86O14. The van der Waals surface area contributed by atoms with Gasteiger partial charge >= 0.3 is 5.97 Å². The molecule has 0 spiro atoms. The third kappa shape index (κ3) is 25.6. The monoisotopic (exact) mass is 911 g/mol. The van der Waals surface area contributed by atoms with E-state index < -0.39 is 86.7 Å². The SMILES string of the molecule is CC/C=C\C/C=C\C/C=C\C/C=C\CCCCCCC(=O)OC(COCCCCCCCC/C=C\CCCCC)COC1OC(COC2OC(CO)C(O)C(O)C2O)C(O)C(O)C1O. The lowest BCUT2D eigenvalue weighted by molar-refractivity contribution is -0.332. The summed E-state index contributed by atoms with van der Waals surface area (Å²) in [4.78, 5) is 13.0. The Labute approximate surface area is 384 Å². The first-order chi connectivity index (χ1) is 31.1. The Balaban J connectivity index is 1.81. The van der Waals surface area contributed by atoms with Gasteiger partial charge in [-0.2, -0.15) is 0 Å². The maximum atomic E-state index is 13.0. The van der Waals surface area contributed by atoms with Crippen LogP contribution in [0.5, 0.6) is 0 Å². The zero-order valence-corrected chi connectivity index (χ0v) is 39.0. The Bertz CT molecular complexity index is 1290. The summed E-state index contributed by atoms with van der Waals surface area (Å²) in [5.41, 5.74) is 0. The van der Waals surface area contributed by atoms with Gasteiger partial charge in [0.15, 0.2) is 12.6 Å². The molecule has 0 aromatic heterocycles. The van der Waals surface area contributed by atoms with Crippen molar-refractivity contribution in [1.82, 2.24) is 0 Å². The Morgan fingerprint density at radius 3 is 1.61 bits per heavy atom. The molecule has 2 rings (SSSR count). The van der Waals surface area contributed by atoms with Crippen LogP contribution in [0.2, 0.25) is 0 Å². The van der Waals surface area contributed by atoms with Gasteiger partial charge in [-0.3, -0.25) is 4.79 Å². The number of carbonyl (C=O) groups is 1. The topological polar surface area (TPSA) is 214 Å². The highest BCUT2D eigenvalue weighted by Crippen LogP contribution is 2.26. The van der Waals surface area contributed by atoms with Crippen molar-refractivity contribution in [3.05, 3.63) is 60.8 Å². The summed E-state index contributed by atoms with van der Waals surface area (Å²) in [5, 5.41) is 72.0. The van der Waals surface area contributed by atoms with Gasteiger partial charge in [0.1, 0.15) is 54.9 Å². The predicted octanol–water partition coefficient (Wildman–Crippen LogP) is 6.57. The van der Waals surface area contributed by atoms with Crippen LogP contribution in [-0.4, -0.2) is 142 Å². The number of aliphatic hydroxyl groups excluding tert-OH is 7. The quantitative estimate of drug-likeness (QED) is 0.0200. The fraction of sp³-hybridized carbons (Fsp3) is 0.780. The van der Waals surface area contributed by atoms with E-state index in [9.17, 15) is 40.5 Å². The molecule has 0 radical (unpaired) electrons. The number of unbranched alkanes of at least 4 members (excludes halogenated alkanes) is 13. The molecular weight excluding hydrogens is 825 g/mol. The van der Waals surface area contributed by atoms with Crippen molar-refractivity contribution in [3.63, 3.8) is 0 Å². The average molecular weight is 911 g/mol. The van der Waals surface area contributed by atoms with E-state index in [1.54, 1.807) is 0 Å². The minimum Gasteiger partial charge on any atom is -0.457 e. The third-order valence-corrected chi connectivity index (χ3v) is 11.3. The van der Waals surface area contributed by atoms with Crippen LogP contribution in [0.4, 0.5) is 0 Å². The summed E-state index contributed by atoms with van der Waals surface area (Å²) in [5.74, 6) is -0.404. The predicted molar refractivity (Wildman–Crippen MR) is 247 cm³/mol. The Kier molecular flexibility index (Phi) is 34.1. The highest BCUT2D eigenvalue weighted by molar-refractivity contribution is 5.69. The lowest BCUT2D eigenvalue weighted by Crippen LogP contribution is -2.61. The number of ether oxygens (including phenoxy) is 6. The highest BCUT2D eigenvalue weighted by atomic mass is 16.7. The lowest BCUT2D eigenvalue weighted by atomic mass is 9.98. The first-order valence-corrected chi connectivity index (χ1v) is 24.4. The van der Waals surface area contributed by atoms with Crippen molar-refractivity contribution in [1.29, 1.82) is 0 Å². The summed E-state index contributed by atoms with van der Waals surface area (Å²) in [6.45, 7) is 3.48. The molecule has 2 fully saturated rings. The van der Waals surface area contributed by atoms with Crippen LogP contribution in [0.3, 0.4) is 0 Å². The standard InChI is InChI=1S/C50H86O14/c1-3-5-7-9-11-13-15-17-18-19-20-21-23-25-27-29-31-33-42(52)62-39(36-59-34-32-30-28-26-24-22-16-14-12-10-8-6-4-2)37-60-49-48(58)46(56)44(54)41(64-49)38-61-50-47(57)45(55)43(53)40(35-51)63-50/h5,7,11-14,17-18,20-21,39-41,43-51,53-58H,3-4,6,8-10,15-16,19,22-38H2,1-2H3/b7-5-,13-11-,14-12-,18-17-,21-20-. The number of hydrogen-bond donors (Lipinski definition) is 7. The number of aliphatic hydroxyl groups is 7. The van der Waals surface area contributed by atoms with Gasteiger partial charge in [-0.1, -0.05) is 126 Å². The fourth-order valence-electron chi connectivity index (χ4n) is 7.27. The van der Waals surface area contributed by atoms with Crippen LogP contribution < -0.4 is 0 Å². The molecule has 11 unspecified atom stereocenters. The van der Waals surface area contributed by atoms with Gasteiger partial charge < -0.3 is 64.2 Å². The average Bonchev–Trinajstić information content (AvgIpc) is 3.29. The molecule has 2 heterocycles. The fourth-order valence-corrected chi connectivity index (χ4v) is 7.27. The molecule has 2 aliphatic rings. The van der Waals surface area contributed by atoms with Gasteiger partial charge in [-0.05, 0) is 77.0 Å². The normalized spacial score (nSPS) is 27.3. The smallest absolute Gasteiger partial charge is 0.306 e. The molecule has 0 aromatic rings. The second kappa shape index (κ2) is 37.7. The largest absolute Gasteiger partial charge is 0.457 e. The molecule has 14 nitrogen and oxygen atoms in total. The van der Waals surface area contributed by atoms with E-state index in [0.717, 1.165) is 77.0 Å². The molecule has 11 atom stereocenters. The molecule has 2 saturated heterocycles. The molecule has 2 aliphatic heterocycles. The highest BCUT2D eigenvalue weighted by Gasteiger charge is 2.47. The van der Waals surface area contributed by atoms with Crippen molar-refractivity contribution in [3.8, 4) is 0 Å². The summed E-state index contributed by atoms with van der Waals surface area (Å²) < 4.78 is 34.2. The van der Waals surface area contributed by atoms with Crippen molar-refractivity contribution in [2.24, 2.45) is 0 Å². The van der Waals surface area contributed by atoms with Crippen LogP contribution in [0.1, 0.15) is 149 Å². The van der Waals surface area contributed by atoms with Crippen LogP contribution >= 0.6 is 0 Å². The summed E-state index contributed by atoms with van der Waals surface area (Å²) in [6, 6.07) is 0. The molecule has 14 heteroatoms. The van der Waals surface area contributed by atoms with Crippen molar-refractivity contribution in [2.75, 3.05) is 33.0 Å². The van der Waals surface area contributed by atoms with E-state index in [2.05, 4.69) is 74.6 Å². The second-order valence-electron chi connectivity index (χ2n) is 16.9. The van der Waals surface area contributed by atoms with Crippen LogP contribution in [0, 0.1) is 0 Å². The zero-order valence-electron chi connectivity index (χ0n) is 39.0. The lowest BCUT2D eigenvalue weighted by Gasteiger charge is -2.42. The van der Waals surface area contributed by atoms with Gasteiger partial charge in [0.25, 0.3) is 0 Å². The molecule has 0 amide bonds. The van der Waals surface area contributed by atoms with Crippen LogP contribution in [0.15, 0.2) is 60.8 Å². The first kappa shape index (κ1) is 57.8. The van der Waals surface area contributed by atoms with Gasteiger partial charge in [0.2, 0.25) is 0 Å². The second-order valence-corrected chi connectivity index (χ2v) is 16.9. The van der Waals surface area contributed by atoms with E-state index in [0.29, 0.717) is 13.0 Å². The first-order valence-electron chi connectivity index (χ1n) is 24.4. The van der Waals surface area contributed by atoms with E-state index >= 15 is 0 Å². The van der Waals surface area contributed by atoms with E-state index in [4.69, 9.17) is 28.4 Å². The Morgan fingerprint density at radius 2 is 1.02 bits per heavy atom. The molecule has 370 valence electrons. The van der Waals surface area contributed by atoms with Crippen molar-refractivity contribution >= 4 is 5.97 Å². The van der Waals surface area contributed by atoms with E-state index in [1.807, 2.05) is 0 Å².